The lowest BCUT2D eigenvalue weighted by Gasteiger charge is -2.28. The van der Waals surface area contributed by atoms with Gasteiger partial charge in [-0.05, 0) is 81.6 Å². The zero-order valence-electron chi connectivity index (χ0n) is 21.2. The molecule has 0 radical (unpaired) electrons. The molecule has 4 rings (SSSR count). The molecule has 1 aromatic heterocycles. The topological polar surface area (TPSA) is 83.2 Å². The molecular formula is C29H33N3O3. The van der Waals surface area contributed by atoms with E-state index in [1.165, 1.54) is 0 Å². The number of benzene rings is 3. The van der Waals surface area contributed by atoms with Gasteiger partial charge in [0.1, 0.15) is 5.60 Å². The molecular weight excluding hydrogens is 438 g/mol. The molecule has 35 heavy (non-hydrogen) atoms. The van der Waals surface area contributed by atoms with Gasteiger partial charge in [0.25, 0.3) is 5.91 Å². The Balaban J connectivity index is 1.54. The van der Waals surface area contributed by atoms with E-state index < -0.39 is 17.2 Å². The summed E-state index contributed by atoms with van der Waals surface area (Å²) >= 11 is 0. The van der Waals surface area contributed by atoms with Crippen molar-refractivity contribution in [1.82, 2.24) is 15.6 Å². The van der Waals surface area contributed by atoms with Crippen LogP contribution in [0.15, 0.2) is 60.7 Å². The maximum Gasteiger partial charge on any atom is 0.407 e. The third-order valence-corrected chi connectivity index (χ3v) is 5.98. The Labute approximate surface area is 206 Å². The number of ether oxygens (including phenoxy) is 1. The molecule has 0 saturated carbocycles. The summed E-state index contributed by atoms with van der Waals surface area (Å²) in [6, 6.07) is 20.2. The van der Waals surface area contributed by atoms with Crippen LogP contribution in [-0.4, -0.2) is 22.6 Å². The Morgan fingerprint density at radius 1 is 0.914 bits per heavy atom. The smallest absolute Gasteiger partial charge is 0.407 e. The first-order chi connectivity index (χ1) is 16.4. The number of carbonyl (C=O) groups excluding carboxylic acids is 2. The number of carbonyl (C=O) groups is 2. The Kier molecular flexibility index (Phi) is 6.32. The van der Waals surface area contributed by atoms with E-state index in [2.05, 4.69) is 39.9 Å². The van der Waals surface area contributed by atoms with E-state index in [-0.39, 0.29) is 5.91 Å². The summed E-state index contributed by atoms with van der Waals surface area (Å²) < 4.78 is 5.30. The van der Waals surface area contributed by atoms with Crippen LogP contribution in [-0.2, 0) is 16.8 Å². The molecule has 0 aliphatic heterocycles. The van der Waals surface area contributed by atoms with Crippen LogP contribution in [0, 0.1) is 6.92 Å². The van der Waals surface area contributed by atoms with Gasteiger partial charge in [0.05, 0.1) is 12.1 Å². The number of hydrogen-bond donors (Lipinski definition) is 3. The van der Waals surface area contributed by atoms with E-state index in [1.54, 1.807) is 0 Å². The number of fused-ring (bicyclic) bond motifs is 2. The van der Waals surface area contributed by atoms with Gasteiger partial charge < -0.3 is 20.4 Å². The van der Waals surface area contributed by atoms with Crippen LogP contribution < -0.4 is 10.6 Å². The number of nitrogens with one attached hydrogen (secondary N) is 3. The second-order valence-corrected chi connectivity index (χ2v) is 10.5. The van der Waals surface area contributed by atoms with Crippen molar-refractivity contribution in [1.29, 1.82) is 0 Å². The van der Waals surface area contributed by atoms with Crippen LogP contribution in [0.25, 0.3) is 21.7 Å². The normalized spacial score (nSPS) is 12.1. The van der Waals surface area contributed by atoms with Gasteiger partial charge in [-0.3, -0.25) is 4.79 Å². The summed E-state index contributed by atoms with van der Waals surface area (Å²) in [6.45, 7) is 11.8. The first-order valence-corrected chi connectivity index (χ1v) is 11.8. The lowest BCUT2D eigenvalue weighted by atomic mass is 9.89. The predicted octanol–water partition coefficient (Wildman–Crippen LogP) is 6.32. The van der Waals surface area contributed by atoms with Crippen LogP contribution in [0.3, 0.4) is 0 Å². The Morgan fingerprint density at radius 3 is 2.37 bits per heavy atom. The van der Waals surface area contributed by atoms with Gasteiger partial charge in [0.15, 0.2) is 0 Å². The molecule has 0 aliphatic rings. The van der Waals surface area contributed by atoms with Crippen LogP contribution in [0.2, 0.25) is 0 Å². The molecule has 0 spiro atoms. The highest BCUT2D eigenvalue weighted by Gasteiger charge is 2.26. The predicted molar refractivity (Wildman–Crippen MR) is 141 cm³/mol. The molecule has 0 fully saturated rings. The minimum absolute atomic E-state index is 0.134. The standard InChI is InChI=1S/C29H33N3O3/c1-18-14-20-15-21(17-30-27(34)35-28(2,3)4)31-25(20)16-23(18)26(33)32-29(5,6)24-13-9-11-19-10-7-8-12-22(19)24/h7-16,31H,17H2,1-6H3,(H,30,34)(H,32,33). The zero-order chi connectivity index (χ0) is 25.4. The molecule has 0 saturated heterocycles. The van der Waals surface area contributed by atoms with Gasteiger partial charge in [-0.2, -0.15) is 0 Å². The number of alkyl carbamates (subject to hydrolysis) is 1. The average Bonchev–Trinajstić information content (AvgIpc) is 3.17. The van der Waals surface area contributed by atoms with Crippen molar-refractivity contribution in [3.05, 3.63) is 83.0 Å². The quantitative estimate of drug-likeness (QED) is 0.318. The highest BCUT2D eigenvalue weighted by atomic mass is 16.6. The van der Waals surface area contributed by atoms with Gasteiger partial charge >= 0.3 is 6.09 Å². The number of hydrogen-bond acceptors (Lipinski definition) is 3. The van der Waals surface area contributed by atoms with E-state index >= 15 is 0 Å². The second-order valence-electron chi connectivity index (χ2n) is 10.5. The summed E-state index contributed by atoms with van der Waals surface area (Å²) in [5, 5.41) is 9.24. The lowest BCUT2D eigenvalue weighted by molar-refractivity contribution is 0.0522. The molecule has 0 unspecified atom stereocenters. The first-order valence-electron chi connectivity index (χ1n) is 11.8. The largest absolute Gasteiger partial charge is 0.444 e. The number of aryl methyl sites for hydroxylation is 1. The monoisotopic (exact) mass is 471 g/mol. The molecule has 4 aromatic rings. The van der Waals surface area contributed by atoms with E-state index in [1.807, 2.05) is 77.9 Å². The molecule has 6 nitrogen and oxygen atoms in total. The van der Waals surface area contributed by atoms with Crippen molar-refractivity contribution in [2.45, 2.75) is 59.2 Å². The van der Waals surface area contributed by atoms with Gasteiger partial charge in [0.2, 0.25) is 0 Å². The fourth-order valence-corrected chi connectivity index (χ4v) is 4.37. The van der Waals surface area contributed by atoms with Crippen molar-refractivity contribution in [3.63, 3.8) is 0 Å². The Morgan fingerprint density at radius 2 is 1.63 bits per heavy atom. The third-order valence-electron chi connectivity index (χ3n) is 5.98. The van der Waals surface area contributed by atoms with Crippen molar-refractivity contribution < 1.29 is 14.3 Å². The number of amides is 2. The van der Waals surface area contributed by atoms with Crippen molar-refractivity contribution in [2.24, 2.45) is 0 Å². The van der Waals surface area contributed by atoms with Crippen LogP contribution in [0.4, 0.5) is 4.79 Å². The SMILES string of the molecule is Cc1cc2cc(CNC(=O)OC(C)(C)C)[nH]c2cc1C(=O)NC(C)(C)c1cccc2ccccc12. The molecule has 3 N–H and O–H groups in total. The molecule has 0 atom stereocenters. The summed E-state index contributed by atoms with van der Waals surface area (Å²) in [6.07, 6.45) is -0.469. The summed E-state index contributed by atoms with van der Waals surface area (Å²) in [5.74, 6) is -0.134. The molecule has 0 aliphatic carbocycles. The summed E-state index contributed by atoms with van der Waals surface area (Å²) in [7, 11) is 0. The molecule has 2 amide bonds. The number of H-pyrrole nitrogens is 1. The van der Waals surface area contributed by atoms with Crippen molar-refractivity contribution >= 4 is 33.7 Å². The fraction of sp³-hybridized carbons (Fsp3) is 0.310. The van der Waals surface area contributed by atoms with Crippen molar-refractivity contribution in [3.8, 4) is 0 Å². The van der Waals surface area contributed by atoms with Crippen LogP contribution in [0.5, 0.6) is 0 Å². The maximum atomic E-state index is 13.4. The Hall–Kier alpha value is -3.80. The minimum atomic E-state index is -0.572. The summed E-state index contributed by atoms with van der Waals surface area (Å²) in [5.41, 5.74) is 3.11. The van der Waals surface area contributed by atoms with Crippen molar-refractivity contribution in [2.75, 3.05) is 0 Å². The number of aromatic amines is 1. The van der Waals surface area contributed by atoms with E-state index in [9.17, 15) is 9.59 Å². The zero-order valence-corrected chi connectivity index (χ0v) is 21.2. The molecule has 3 aromatic carbocycles. The maximum absolute atomic E-state index is 13.4. The van der Waals surface area contributed by atoms with Gasteiger partial charge in [0, 0.05) is 22.2 Å². The molecule has 0 bridgehead atoms. The van der Waals surface area contributed by atoms with Crippen LogP contribution >= 0.6 is 0 Å². The minimum Gasteiger partial charge on any atom is -0.444 e. The van der Waals surface area contributed by atoms with Gasteiger partial charge in [-0.15, -0.1) is 0 Å². The lowest BCUT2D eigenvalue weighted by Crippen LogP contribution is -2.41. The van der Waals surface area contributed by atoms with Gasteiger partial charge in [-0.25, -0.2) is 4.79 Å². The Bertz CT molecular complexity index is 1400. The van der Waals surface area contributed by atoms with E-state index in [0.29, 0.717) is 12.1 Å². The second kappa shape index (κ2) is 9.10. The highest BCUT2D eigenvalue weighted by molar-refractivity contribution is 6.00. The number of aromatic nitrogens is 1. The average molecular weight is 472 g/mol. The van der Waals surface area contributed by atoms with Crippen LogP contribution in [0.1, 0.15) is 61.8 Å². The fourth-order valence-electron chi connectivity index (χ4n) is 4.37. The number of rotatable bonds is 5. The third kappa shape index (κ3) is 5.48. The molecule has 182 valence electrons. The molecule has 1 heterocycles. The molecule has 6 heteroatoms. The van der Waals surface area contributed by atoms with Gasteiger partial charge in [-0.1, -0.05) is 42.5 Å². The van der Waals surface area contributed by atoms with E-state index in [0.717, 1.165) is 38.5 Å². The first kappa shape index (κ1) is 24.3. The van der Waals surface area contributed by atoms with E-state index in [4.69, 9.17) is 4.74 Å². The highest BCUT2D eigenvalue weighted by Crippen LogP contribution is 2.29. The summed E-state index contributed by atoms with van der Waals surface area (Å²) in [4.78, 5) is 28.7.